The highest BCUT2D eigenvalue weighted by Gasteiger charge is 2.37. The molecule has 0 saturated carbocycles. The monoisotopic (exact) mass is 179 g/mol. The molecule has 0 bridgehead atoms. The number of methoxy groups -OCH3 is 1. The van der Waals surface area contributed by atoms with Crippen LogP contribution in [0.25, 0.3) is 0 Å². The molecule has 72 valence electrons. The molecule has 1 aliphatic rings. The van der Waals surface area contributed by atoms with Crippen molar-refractivity contribution in [3.63, 3.8) is 0 Å². The van der Waals surface area contributed by atoms with Crippen LogP contribution in [0.15, 0.2) is 0 Å². The van der Waals surface area contributed by atoms with Gasteiger partial charge in [-0.15, -0.1) is 0 Å². The molecule has 0 spiro atoms. The summed E-state index contributed by atoms with van der Waals surface area (Å²) >= 11 is 0. The summed E-state index contributed by atoms with van der Waals surface area (Å²) in [5.74, 6) is 0. The predicted molar refractivity (Wildman–Crippen MR) is 40.8 cm³/mol. The van der Waals surface area contributed by atoms with Gasteiger partial charge in [0, 0.05) is 13.5 Å². The smallest absolute Gasteiger partial charge is 0.173 e. The van der Waals surface area contributed by atoms with E-state index in [0.29, 0.717) is 0 Å². The van der Waals surface area contributed by atoms with Crippen molar-refractivity contribution < 1.29 is 24.8 Å². The quantitative estimate of drug-likeness (QED) is 0.490. The van der Waals surface area contributed by atoms with E-state index in [0.717, 1.165) is 0 Å². The molecule has 12 heavy (non-hydrogen) atoms. The van der Waals surface area contributed by atoms with Crippen LogP contribution in [0.2, 0.25) is 0 Å². The van der Waals surface area contributed by atoms with Gasteiger partial charge in [0.2, 0.25) is 0 Å². The van der Waals surface area contributed by atoms with Gasteiger partial charge in [0.1, 0.15) is 6.10 Å². The first-order valence-electron chi connectivity index (χ1n) is 3.88. The largest absolute Gasteiger partial charge is 0.443 e. The number of rotatable bonds is 2. The summed E-state index contributed by atoms with van der Waals surface area (Å²) < 4.78 is 10.0. The van der Waals surface area contributed by atoms with Crippen molar-refractivity contribution in [3.05, 3.63) is 0 Å². The van der Waals surface area contributed by atoms with Crippen molar-refractivity contribution >= 4 is 0 Å². The van der Waals surface area contributed by atoms with E-state index in [4.69, 9.17) is 14.6 Å². The summed E-state index contributed by atoms with van der Waals surface area (Å²) in [7, 11) is 1.47. The first kappa shape index (κ1) is 9.88. The van der Waals surface area contributed by atoms with E-state index >= 15 is 0 Å². The first-order chi connectivity index (χ1) is 5.69. The molecule has 1 fully saturated rings. The Morgan fingerprint density at radius 2 is 2.25 bits per heavy atom. The van der Waals surface area contributed by atoms with E-state index in [1.165, 1.54) is 7.11 Å². The zero-order valence-electron chi connectivity index (χ0n) is 6.93. The fraction of sp³-hybridized carbons (Fsp3) is 1.00. The lowest BCUT2D eigenvalue weighted by Gasteiger charge is -2.34. The summed E-state index contributed by atoms with van der Waals surface area (Å²) in [5.41, 5.74) is 0. The van der Waals surface area contributed by atoms with Gasteiger partial charge in [-0.25, -0.2) is 0 Å². The third-order valence-electron chi connectivity index (χ3n) is 2.00. The van der Waals surface area contributed by atoms with Crippen LogP contribution < -0.4 is 0 Å². The fourth-order valence-electron chi connectivity index (χ4n) is 1.24. The van der Waals surface area contributed by atoms with Crippen molar-refractivity contribution in [1.82, 2.24) is 0 Å². The maximum absolute atomic E-state index is 9.30. The molecule has 1 rings (SSSR count). The summed E-state index contributed by atoms with van der Waals surface area (Å²) in [6.07, 6.45) is -2.70. The number of ether oxygens (including phenoxy) is 2. The van der Waals surface area contributed by atoms with Crippen LogP contribution in [-0.2, 0) is 9.47 Å². The SMILES string of the molecule is CO[C@H]1CC(O)[C@H](O)C(C[OH2+])O1. The molecule has 0 aromatic rings. The Kier molecular flexibility index (Phi) is 3.42. The minimum Gasteiger partial charge on any atom is -0.443 e. The number of hydrogen-bond donors (Lipinski definition) is 2. The average molecular weight is 179 g/mol. The van der Waals surface area contributed by atoms with Crippen molar-refractivity contribution in [3.8, 4) is 0 Å². The number of hydrogen-bond acceptors (Lipinski definition) is 4. The molecule has 2 unspecified atom stereocenters. The highest BCUT2D eigenvalue weighted by molar-refractivity contribution is 4.81. The van der Waals surface area contributed by atoms with Gasteiger partial charge >= 0.3 is 0 Å². The molecular formula is C7H15O5+. The molecule has 4 atom stereocenters. The van der Waals surface area contributed by atoms with Gasteiger partial charge in [0.05, 0.1) is 6.10 Å². The molecule has 5 nitrogen and oxygen atoms in total. The van der Waals surface area contributed by atoms with Gasteiger partial charge in [-0.05, 0) is 0 Å². The van der Waals surface area contributed by atoms with Crippen LogP contribution >= 0.6 is 0 Å². The molecule has 0 aliphatic carbocycles. The second-order valence-corrected chi connectivity index (χ2v) is 2.84. The van der Waals surface area contributed by atoms with E-state index in [-0.39, 0.29) is 13.0 Å². The van der Waals surface area contributed by atoms with Gasteiger partial charge in [0.15, 0.2) is 19.0 Å². The molecule has 0 amide bonds. The maximum atomic E-state index is 9.30. The lowest BCUT2D eigenvalue weighted by atomic mass is 10.0. The highest BCUT2D eigenvalue weighted by atomic mass is 16.7. The van der Waals surface area contributed by atoms with Crippen LogP contribution in [0.4, 0.5) is 0 Å². The minimum absolute atomic E-state index is 0.0713. The van der Waals surface area contributed by atoms with Gasteiger partial charge < -0.3 is 24.8 Å². The van der Waals surface area contributed by atoms with Gasteiger partial charge in [-0.2, -0.15) is 0 Å². The molecule has 4 N–H and O–H groups in total. The Labute approximate surface area is 70.5 Å². The van der Waals surface area contributed by atoms with E-state index in [9.17, 15) is 10.2 Å². The van der Waals surface area contributed by atoms with Crippen molar-refractivity contribution in [2.45, 2.75) is 31.0 Å². The van der Waals surface area contributed by atoms with Crippen LogP contribution in [-0.4, -0.2) is 53.6 Å². The summed E-state index contributed by atoms with van der Waals surface area (Å²) in [4.78, 5) is 0. The molecule has 0 radical (unpaired) electrons. The van der Waals surface area contributed by atoms with Crippen LogP contribution in [0.1, 0.15) is 6.42 Å². The van der Waals surface area contributed by atoms with E-state index in [1.54, 1.807) is 0 Å². The average Bonchev–Trinajstić information content (AvgIpc) is 2.09. The molecule has 1 aliphatic heterocycles. The van der Waals surface area contributed by atoms with E-state index in [2.05, 4.69) is 0 Å². The Hall–Kier alpha value is -0.200. The first-order valence-corrected chi connectivity index (χ1v) is 3.88. The Balaban J connectivity index is 2.52. The van der Waals surface area contributed by atoms with Crippen molar-refractivity contribution in [2.24, 2.45) is 0 Å². The zero-order chi connectivity index (χ0) is 9.14. The van der Waals surface area contributed by atoms with Crippen molar-refractivity contribution in [2.75, 3.05) is 13.7 Å². The lowest BCUT2D eigenvalue weighted by molar-refractivity contribution is -0.248. The van der Waals surface area contributed by atoms with Gasteiger partial charge in [-0.1, -0.05) is 0 Å². The lowest BCUT2D eigenvalue weighted by Crippen LogP contribution is -2.50. The van der Waals surface area contributed by atoms with Crippen LogP contribution in [0, 0.1) is 0 Å². The van der Waals surface area contributed by atoms with Gasteiger partial charge in [0.25, 0.3) is 0 Å². The number of aliphatic hydroxyl groups is 2. The maximum Gasteiger partial charge on any atom is 0.173 e. The third kappa shape index (κ3) is 1.94. The van der Waals surface area contributed by atoms with Crippen molar-refractivity contribution in [1.29, 1.82) is 0 Å². The van der Waals surface area contributed by atoms with Crippen LogP contribution in [0.3, 0.4) is 0 Å². The fourth-order valence-corrected chi connectivity index (χ4v) is 1.24. The normalized spacial score (nSPS) is 43.0. The molecule has 0 aromatic carbocycles. The zero-order valence-corrected chi connectivity index (χ0v) is 6.93. The topological polar surface area (TPSA) is 81.8 Å². The van der Waals surface area contributed by atoms with Gasteiger partial charge in [-0.3, -0.25) is 0 Å². The molecule has 0 aromatic heterocycles. The Morgan fingerprint density at radius 1 is 1.58 bits per heavy atom. The Bertz CT molecular complexity index is 140. The molecule has 5 heteroatoms. The summed E-state index contributed by atoms with van der Waals surface area (Å²) in [6, 6.07) is 0. The van der Waals surface area contributed by atoms with E-state index in [1.807, 2.05) is 0 Å². The molecule has 1 heterocycles. The van der Waals surface area contributed by atoms with Crippen LogP contribution in [0.5, 0.6) is 0 Å². The second-order valence-electron chi connectivity index (χ2n) is 2.84. The highest BCUT2D eigenvalue weighted by Crippen LogP contribution is 2.20. The molecular weight excluding hydrogens is 164 g/mol. The predicted octanol–water partition coefficient (Wildman–Crippen LogP) is -1.81. The standard InChI is InChI=1S/C7H14O5/c1-11-6-2-4(9)7(10)5(3-8)12-6/h4-10H,2-3H2,1H3/p+1/t4?,5?,6-,7+/m1/s1. The Morgan fingerprint density at radius 3 is 2.75 bits per heavy atom. The summed E-state index contributed by atoms with van der Waals surface area (Å²) in [6.45, 7) is -0.0713. The summed E-state index contributed by atoms with van der Waals surface area (Å²) in [5, 5.41) is 25.6. The molecule has 1 saturated heterocycles. The third-order valence-corrected chi connectivity index (χ3v) is 2.00. The minimum atomic E-state index is -0.964. The number of aliphatic hydroxyl groups excluding tert-OH is 2. The van der Waals surface area contributed by atoms with E-state index < -0.39 is 24.6 Å². The second kappa shape index (κ2) is 4.15.